The van der Waals surface area contributed by atoms with Crippen molar-refractivity contribution in [3.8, 4) is 11.3 Å². The van der Waals surface area contributed by atoms with E-state index in [2.05, 4.69) is 19.3 Å². The summed E-state index contributed by atoms with van der Waals surface area (Å²) in [7, 11) is 1.68. The number of amides is 1. The molecule has 1 aromatic heterocycles. The van der Waals surface area contributed by atoms with Crippen molar-refractivity contribution in [1.82, 2.24) is 4.98 Å². The molecule has 4 rings (SSSR count). The monoisotopic (exact) mass is 505 g/mol. The quantitative estimate of drug-likeness (QED) is 0.404. The summed E-state index contributed by atoms with van der Waals surface area (Å²) in [5.41, 5.74) is 3.45. The Hall–Kier alpha value is -2.29. The van der Waals surface area contributed by atoms with Crippen LogP contribution in [0.15, 0.2) is 60.8 Å². The molecule has 1 saturated heterocycles. The van der Waals surface area contributed by atoms with Gasteiger partial charge < -0.3 is 19.1 Å². The van der Waals surface area contributed by atoms with Crippen LogP contribution in [-0.2, 0) is 9.47 Å². The number of pyridine rings is 1. The molecule has 174 valence electrons. The number of rotatable bonds is 5. The van der Waals surface area contributed by atoms with Crippen molar-refractivity contribution in [2.24, 2.45) is 0 Å². The van der Waals surface area contributed by atoms with Gasteiger partial charge in [0.1, 0.15) is 5.94 Å². The lowest BCUT2D eigenvalue weighted by atomic mass is 10.1. The molecule has 1 amide bonds. The summed E-state index contributed by atoms with van der Waals surface area (Å²) >= 11 is 14.3. The van der Waals surface area contributed by atoms with Gasteiger partial charge in [-0.3, -0.25) is 9.78 Å². The largest absolute Gasteiger partial charge is 0.385 e. The second-order valence-corrected chi connectivity index (χ2v) is 8.61. The number of methoxy groups -OCH3 is 1. The fourth-order valence-corrected chi connectivity index (χ4v) is 4.20. The fraction of sp³-hybridized carbons (Fsp3) is 0.250. The topological polar surface area (TPSA) is 63.7 Å². The average Bonchev–Trinajstić information content (AvgIpc) is 2.86. The molecule has 1 aliphatic heterocycles. The van der Waals surface area contributed by atoms with Crippen LogP contribution >= 0.6 is 35.1 Å². The number of halogens is 2. The number of carbonyl (C=O) groups excluding carboxylic acids is 1. The Morgan fingerprint density at radius 2 is 2.00 bits per heavy atom. The summed E-state index contributed by atoms with van der Waals surface area (Å²) in [5, 5.41) is 3.84. The molecule has 0 bridgehead atoms. The number of benzene rings is 2. The van der Waals surface area contributed by atoms with E-state index in [1.165, 1.54) is 0 Å². The smallest absolute Gasteiger partial charge is 0.257 e. The number of nitrogens with zero attached hydrogens (tertiary/aromatic N) is 2. The summed E-state index contributed by atoms with van der Waals surface area (Å²) in [6.07, 6.45) is 1.70. The Kier molecular flexibility index (Phi) is 9.84. The minimum atomic E-state index is -0.287. The molecule has 0 atom stereocenters. The lowest BCUT2D eigenvalue weighted by Crippen LogP contribution is -2.26. The van der Waals surface area contributed by atoms with Crippen LogP contribution in [0.2, 0.25) is 10.0 Å². The van der Waals surface area contributed by atoms with Gasteiger partial charge in [-0.15, -0.1) is 0 Å². The third kappa shape index (κ3) is 7.09. The first-order chi connectivity index (χ1) is 16.0. The van der Waals surface area contributed by atoms with Crippen LogP contribution in [0, 0.1) is 0 Å². The lowest BCUT2D eigenvalue weighted by molar-refractivity contribution is 0.102. The Labute approximate surface area is 208 Å². The second kappa shape index (κ2) is 12.8. The molecule has 2 heterocycles. The van der Waals surface area contributed by atoms with E-state index in [0.29, 0.717) is 33.8 Å². The normalized spacial score (nSPS) is 13.2. The van der Waals surface area contributed by atoms with Gasteiger partial charge in [0.25, 0.3) is 5.91 Å². The maximum absolute atomic E-state index is 12.8. The van der Waals surface area contributed by atoms with E-state index in [0.717, 1.165) is 30.1 Å². The Morgan fingerprint density at radius 1 is 1.18 bits per heavy atom. The molecule has 0 unspecified atom stereocenters. The second-order valence-electron chi connectivity index (χ2n) is 6.86. The number of aromatic nitrogens is 1. The van der Waals surface area contributed by atoms with Crippen LogP contribution < -0.4 is 9.62 Å². The molecule has 1 N–H and O–H groups in total. The third-order valence-electron chi connectivity index (χ3n) is 4.67. The van der Waals surface area contributed by atoms with Gasteiger partial charge in [-0.2, -0.15) is 0 Å². The molecule has 1 aliphatic rings. The van der Waals surface area contributed by atoms with E-state index in [4.69, 9.17) is 27.9 Å². The van der Waals surface area contributed by atoms with Crippen molar-refractivity contribution in [3.63, 3.8) is 0 Å². The SMILES string of the molecule is CCOC.O=C(Nc1ccc(Cl)c(-c2ccccn2)c1)c1ccc(N2CCOCS2)cc1Cl. The zero-order valence-electron chi connectivity index (χ0n) is 18.4. The van der Waals surface area contributed by atoms with E-state index in [1.54, 1.807) is 55.6 Å². The first kappa shape index (κ1) is 25.3. The highest BCUT2D eigenvalue weighted by molar-refractivity contribution is 8.00. The molecule has 0 radical (unpaired) electrons. The predicted octanol–water partition coefficient (Wildman–Crippen LogP) is 6.40. The predicted molar refractivity (Wildman–Crippen MR) is 137 cm³/mol. The Balaban J connectivity index is 0.000000709. The number of anilines is 2. The molecule has 0 aliphatic carbocycles. The Bertz CT molecular complexity index is 1060. The van der Waals surface area contributed by atoms with Crippen LogP contribution in [0.5, 0.6) is 0 Å². The number of ether oxygens (including phenoxy) is 2. The van der Waals surface area contributed by atoms with Gasteiger partial charge in [0, 0.05) is 36.9 Å². The number of hydrogen-bond acceptors (Lipinski definition) is 6. The molecule has 3 aromatic rings. The van der Waals surface area contributed by atoms with E-state index in [-0.39, 0.29) is 5.91 Å². The van der Waals surface area contributed by atoms with Gasteiger partial charge in [-0.25, -0.2) is 0 Å². The van der Waals surface area contributed by atoms with E-state index >= 15 is 0 Å². The van der Waals surface area contributed by atoms with Crippen molar-refractivity contribution < 1.29 is 14.3 Å². The van der Waals surface area contributed by atoms with Crippen molar-refractivity contribution in [3.05, 3.63) is 76.4 Å². The maximum Gasteiger partial charge on any atom is 0.257 e. The van der Waals surface area contributed by atoms with Crippen molar-refractivity contribution >= 4 is 52.4 Å². The standard InChI is InChI=1S/C21H17Cl2N3O2S.C3H8O/c22-18-7-4-14(11-17(18)20-3-1-2-8-24-20)25-21(27)16-6-5-15(12-19(16)23)26-9-10-28-13-29-26;1-3-4-2/h1-8,11-12H,9-10,13H2,(H,25,27);3H2,1-2H3. The van der Waals surface area contributed by atoms with Gasteiger partial charge >= 0.3 is 0 Å². The van der Waals surface area contributed by atoms with E-state index in [9.17, 15) is 4.79 Å². The van der Waals surface area contributed by atoms with E-state index < -0.39 is 0 Å². The molecule has 1 fully saturated rings. The number of carbonyl (C=O) groups is 1. The maximum atomic E-state index is 12.8. The van der Waals surface area contributed by atoms with Crippen molar-refractivity contribution in [1.29, 1.82) is 0 Å². The van der Waals surface area contributed by atoms with Crippen molar-refractivity contribution in [2.75, 3.05) is 42.4 Å². The van der Waals surface area contributed by atoms with E-state index in [1.807, 2.05) is 31.2 Å². The minimum absolute atomic E-state index is 0.287. The summed E-state index contributed by atoms with van der Waals surface area (Å²) in [6, 6.07) is 16.3. The molecular weight excluding hydrogens is 481 g/mol. The van der Waals surface area contributed by atoms with Crippen LogP contribution in [0.3, 0.4) is 0 Å². The summed E-state index contributed by atoms with van der Waals surface area (Å²) in [6.45, 7) is 4.22. The molecule has 0 spiro atoms. The van der Waals surface area contributed by atoms with Gasteiger partial charge in [-0.1, -0.05) is 29.3 Å². The minimum Gasteiger partial charge on any atom is -0.385 e. The molecule has 6 nitrogen and oxygen atoms in total. The van der Waals surface area contributed by atoms with Crippen LogP contribution in [0.1, 0.15) is 17.3 Å². The fourth-order valence-electron chi connectivity index (χ4n) is 2.94. The third-order valence-corrected chi connectivity index (χ3v) is 6.29. The highest BCUT2D eigenvalue weighted by atomic mass is 35.5. The Morgan fingerprint density at radius 3 is 2.64 bits per heavy atom. The first-order valence-electron chi connectivity index (χ1n) is 10.3. The molecular formula is C24H25Cl2N3O3S. The number of nitrogens with one attached hydrogen (secondary N) is 1. The molecule has 33 heavy (non-hydrogen) atoms. The summed E-state index contributed by atoms with van der Waals surface area (Å²) < 4.78 is 12.0. The van der Waals surface area contributed by atoms with Gasteiger partial charge in [0.2, 0.25) is 0 Å². The number of hydrogen-bond donors (Lipinski definition) is 1. The molecule has 0 saturated carbocycles. The molecule has 9 heteroatoms. The average molecular weight is 506 g/mol. The van der Waals surface area contributed by atoms with Crippen molar-refractivity contribution in [2.45, 2.75) is 6.92 Å². The van der Waals surface area contributed by atoms with Gasteiger partial charge in [-0.05, 0) is 67.4 Å². The zero-order valence-corrected chi connectivity index (χ0v) is 20.7. The summed E-state index contributed by atoms with van der Waals surface area (Å²) in [5.74, 6) is 0.320. The highest BCUT2D eigenvalue weighted by Crippen LogP contribution is 2.31. The zero-order chi connectivity index (χ0) is 23.6. The highest BCUT2D eigenvalue weighted by Gasteiger charge is 2.17. The van der Waals surface area contributed by atoms with Gasteiger partial charge in [0.05, 0.1) is 34.5 Å². The van der Waals surface area contributed by atoms with Crippen LogP contribution in [0.25, 0.3) is 11.3 Å². The molecule has 2 aromatic carbocycles. The lowest BCUT2D eigenvalue weighted by Gasteiger charge is -2.27. The summed E-state index contributed by atoms with van der Waals surface area (Å²) in [4.78, 5) is 17.1. The van der Waals surface area contributed by atoms with Gasteiger partial charge in [0.15, 0.2) is 0 Å². The van der Waals surface area contributed by atoms with Crippen LogP contribution in [-0.4, -0.2) is 43.7 Å². The first-order valence-corrected chi connectivity index (χ1v) is 12.0. The van der Waals surface area contributed by atoms with Crippen LogP contribution in [0.4, 0.5) is 11.4 Å².